The second-order valence-electron chi connectivity index (χ2n) is 8.10. The van der Waals surface area contributed by atoms with E-state index < -0.39 is 6.04 Å². The Morgan fingerprint density at radius 2 is 1.91 bits per heavy atom. The van der Waals surface area contributed by atoms with Gasteiger partial charge in [0, 0.05) is 31.5 Å². The average molecular weight is 465 g/mol. The summed E-state index contributed by atoms with van der Waals surface area (Å²) in [6.45, 7) is 4.86. The van der Waals surface area contributed by atoms with Crippen LogP contribution in [0.4, 0.5) is 4.79 Å². The molecule has 34 heavy (non-hydrogen) atoms. The van der Waals surface area contributed by atoms with Crippen molar-refractivity contribution in [3.8, 4) is 22.9 Å². The minimum absolute atomic E-state index is 0.0281. The summed E-state index contributed by atoms with van der Waals surface area (Å²) in [6, 6.07) is 12.0. The fourth-order valence-electron chi connectivity index (χ4n) is 3.98. The third-order valence-electron chi connectivity index (χ3n) is 5.83. The van der Waals surface area contributed by atoms with Gasteiger partial charge >= 0.3 is 6.03 Å². The molecule has 178 valence electrons. The Labute approximate surface area is 198 Å². The summed E-state index contributed by atoms with van der Waals surface area (Å²) in [6.07, 6.45) is 0.668. The lowest BCUT2D eigenvalue weighted by molar-refractivity contribution is 0.174. The van der Waals surface area contributed by atoms with Gasteiger partial charge in [0.05, 0.1) is 18.7 Å². The second-order valence-corrected chi connectivity index (χ2v) is 8.10. The Bertz CT molecular complexity index is 1200. The largest absolute Gasteiger partial charge is 0.504 e. The maximum atomic E-state index is 13.0. The predicted molar refractivity (Wildman–Crippen MR) is 126 cm³/mol. The number of methoxy groups -OCH3 is 2. The summed E-state index contributed by atoms with van der Waals surface area (Å²) >= 11 is 0. The van der Waals surface area contributed by atoms with E-state index in [4.69, 9.17) is 14.0 Å². The zero-order valence-corrected chi connectivity index (χ0v) is 19.7. The molecule has 9 nitrogen and oxygen atoms in total. The van der Waals surface area contributed by atoms with Crippen LogP contribution in [0.2, 0.25) is 0 Å². The molecule has 2 N–H and O–H groups in total. The van der Waals surface area contributed by atoms with Gasteiger partial charge in [-0.25, -0.2) is 4.79 Å². The van der Waals surface area contributed by atoms with Crippen LogP contribution in [-0.2, 0) is 4.74 Å². The Hall–Kier alpha value is -3.85. The van der Waals surface area contributed by atoms with Gasteiger partial charge in [-0.05, 0) is 38.0 Å². The Balaban J connectivity index is 1.78. The van der Waals surface area contributed by atoms with Gasteiger partial charge in [0.2, 0.25) is 5.82 Å². The summed E-state index contributed by atoms with van der Waals surface area (Å²) < 4.78 is 16.0. The van der Waals surface area contributed by atoms with Crippen LogP contribution in [-0.4, -0.2) is 53.5 Å². The lowest BCUT2D eigenvalue weighted by Gasteiger charge is -2.35. The number of rotatable bonds is 8. The number of amides is 2. The summed E-state index contributed by atoms with van der Waals surface area (Å²) in [5.74, 6) is 1.06. The van der Waals surface area contributed by atoms with Crippen molar-refractivity contribution in [2.24, 2.45) is 0 Å². The SMILES string of the molecule is COCCCN1C(=O)NC(c2ccc(OC)c(O)c2)C(c2nc(-c3ccc(C)cc3)no2)=C1C. The van der Waals surface area contributed by atoms with Crippen LogP contribution in [0.5, 0.6) is 11.5 Å². The molecule has 2 aromatic carbocycles. The first-order valence-electron chi connectivity index (χ1n) is 11.0. The number of nitrogens with one attached hydrogen (secondary N) is 1. The van der Waals surface area contributed by atoms with Crippen molar-refractivity contribution in [2.45, 2.75) is 26.3 Å². The molecule has 0 radical (unpaired) electrons. The number of benzene rings is 2. The molecule has 1 aliphatic rings. The van der Waals surface area contributed by atoms with E-state index in [1.807, 2.05) is 38.1 Å². The number of aromatic nitrogens is 2. The lowest BCUT2D eigenvalue weighted by Crippen LogP contribution is -2.46. The summed E-state index contributed by atoms with van der Waals surface area (Å²) in [5.41, 5.74) is 3.97. The van der Waals surface area contributed by atoms with Crippen molar-refractivity contribution < 1.29 is 23.9 Å². The number of ether oxygens (including phenoxy) is 2. The number of urea groups is 1. The van der Waals surface area contributed by atoms with E-state index in [1.165, 1.54) is 7.11 Å². The van der Waals surface area contributed by atoms with Crippen LogP contribution in [0, 0.1) is 6.92 Å². The van der Waals surface area contributed by atoms with E-state index in [0.717, 1.165) is 11.1 Å². The number of carbonyl (C=O) groups excluding carboxylic acids is 1. The number of nitrogens with zero attached hydrogens (tertiary/aromatic N) is 3. The Kier molecular flexibility index (Phi) is 6.83. The van der Waals surface area contributed by atoms with Gasteiger partial charge in [0.15, 0.2) is 11.5 Å². The van der Waals surface area contributed by atoms with Gasteiger partial charge in [-0.15, -0.1) is 0 Å². The van der Waals surface area contributed by atoms with Crippen LogP contribution in [0.15, 0.2) is 52.7 Å². The van der Waals surface area contributed by atoms with Crippen molar-refractivity contribution in [1.82, 2.24) is 20.4 Å². The first-order chi connectivity index (χ1) is 16.4. The standard InChI is InChI=1S/C25H28N4O5/c1-15-6-8-17(9-7-15)23-27-24(34-28-23)21-16(2)29(12-5-13-32-3)25(31)26-22(21)18-10-11-20(33-4)19(30)14-18/h6-11,14,22,30H,5,12-13H2,1-4H3,(H,26,31). The Morgan fingerprint density at radius 1 is 1.15 bits per heavy atom. The van der Waals surface area contributed by atoms with E-state index >= 15 is 0 Å². The molecule has 0 bridgehead atoms. The number of aryl methyl sites for hydroxylation is 1. The molecule has 2 amide bonds. The summed E-state index contributed by atoms with van der Waals surface area (Å²) in [4.78, 5) is 19.3. The molecular formula is C25H28N4O5. The fraction of sp³-hybridized carbons (Fsp3) is 0.320. The number of phenols is 1. The monoisotopic (exact) mass is 464 g/mol. The molecule has 1 aromatic heterocycles. The first-order valence-corrected chi connectivity index (χ1v) is 11.0. The smallest absolute Gasteiger partial charge is 0.322 e. The van der Waals surface area contributed by atoms with E-state index in [9.17, 15) is 9.90 Å². The zero-order valence-electron chi connectivity index (χ0n) is 19.7. The van der Waals surface area contributed by atoms with Crippen LogP contribution in [0.1, 0.15) is 36.4 Å². The molecule has 0 fully saturated rings. The normalized spacial score (nSPS) is 16.1. The molecule has 1 unspecified atom stereocenters. The Morgan fingerprint density at radius 3 is 2.59 bits per heavy atom. The van der Waals surface area contributed by atoms with Crippen LogP contribution < -0.4 is 10.1 Å². The molecule has 9 heteroatoms. The topological polar surface area (TPSA) is 110 Å². The molecule has 3 aromatic rings. The molecule has 4 rings (SSSR count). The molecule has 2 heterocycles. The molecule has 1 atom stereocenters. The minimum Gasteiger partial charge on any atom is -0.504 e. The highest BCUT2D eigenvalue weighted by Gasteiger charge is 2.36. The van der Waals surface area contributed by atoms with Crippen molar-refractivity contribution in [2.75, 3.05) is 27.4 Å². The van der Waals surface area contributed by atoms with Crippen LogP contribution >= 0.6 is 0 Å². The van der Waals surface area contributed by atoms with Gasteiger partial charge in [-0.2, -0.15) is 4.98 Å². The fourth-order valence-corrected chi connectivity index (χ4v) is 3.98. The van der Waals surface area contributed by atoms with Crippen molar-refractivity contribution in [3.05, 3.63) is 65.2 Å². The quantitative estimate of drug-likeness (QED) is 0.479. The van der Waals surface area contributed by atoms with Crippen LogP contribution in [0.25, 0.3) is 17.0 Å². The highest BCUT2D eigenvalue weighted by molar-refractivity contribution is 5.87. The molecule has 0 aliphatic carbocycles. The molecular weight excluding hydrogens is 436 g/mol. The first kappa shape index (κ1) is 23.3. The minimum atomic E-state index is -0.603. The summed E-state index contributed by atoms with van der Waals surface area (Å²) in [5, 5.41) is 17.5. The lowest BCUT2D eigenvalue weighted by atomic mass is 9.94. The maximum absolute atomic E-state index is 13.0. The third kappa shape index (κ3) is 4.60. The van der Waals surface area contributed by atoms with E-state index in [0.29, 0.717) is 53.9 Å². The van der Waals surface area contributed by atoms with Crippen molar-refractivity contribution in [1.29, 1.82) is 0 Å². The van der Waals surface area contributed by atoms with E-state index in [2.05, 4.69) is 15.5 Å². The number of hydrogen-bond acceptors (Lipinski definition) is 7. The predicted octanol–water partition coefficient (Wildman–Crippen LogP) is 4.29. The van der Waals surface area contributed by atoms with Gasteiger partial charge < -0.3 is 24.4 Å². The van der Waals surface area contributed by atoms with Gasteiger partial charge in [-0.3, -0.25) is 4.90 Å². The van der Waals surface area contributed by atoms with Gasteiger partial charge in [0.25, 0.3) is 5.89 Å². The highest BCUT2D eigenvalue weighted by Crippen LogP contribution is 2.39. The van der Waals surface area contributed by atoms with Gasteiger partial charge in [-0.1, -0.05) is 41.1 Å². The van der Waals surface area contributed by atoms with E-state index in [-0.39, 0.29) is 11.8 Å². The number of allylic oxidation sites excluding steroid dienone is 1. The second kappa shape index (κ2) is 9.96. The van der Waals surface area contributed by atoms with E-state index in [1.54, 1.807) is 30.2 Å². The van der Waals surface area contributed by atoms with Crippen molar-refractivity contribution in [3.63, 3.8) is 0 Å². The average Bonchev–Trinajstić information content (AvgIpc) is 3.31. The molecule has 0 spiro atoms. The van der Waals surface area contributed by atoms with Gasteiger partial charge in [0.1, 0.15) is 0 Å². The zero-order chi connectivity index (χ0) is 24.2. The molecule has 0 saturated carbocycles. The maximum Gasteiger partial charge on any atom is 0.322 e. The number of hydrogen-bond donors (Lipinski definition) is 2. The number of phenolic OH excluding ortho intramolecular Hbond substituents is 1. The number of aromatic hydroxyl groups is 1. The molecule has 0 saturated heterocycles. The summed E-state index contributed by atoms with van der Waals surface area (Å²) in [7, 11) is 3.11. The third-order valence-corrected chi connectivity index (χ3v) is 5.83. The molecule has 1 aliphatic heterocycles. The van der Waals surface area contributed by atoms with Crippen molar-refractivity contribution >= 4 is 11.6 Å². The number of carbonyl (C=O) groups is 1. The highest BCUT2D eigenvalue weighted by atomic mass is 16.5. The van der Waals surface area contributed by atoms with Crippen LogP contribution in [0.3, 0.4) is 0 Å².